The Kier molecular flexibility index (Phi) is 9.03. The fourth-order valence-corrected chi connectivity index (χ4v) is 3.99. The van der Waals surface area contributed by atoms with Gasteiger partial charge in [0.1, 0.15) is 18.4 Å². The van der Waals surface area contributed by atoms with E-state index in [1.807, 2.05) is 6.92 Å². The quantitative estimate of drug-likeness (QED) is 0.562. The molecule has 0 aliphatic rings. The summed E-state index contributed by atoms with van der Waals surface area (Å²) in [5.74, 6) is -1.79. The standard InChI is InChI=1S/C22H27ClFN3O4S/c1-4-13-25-22(29)16(2)26(14-17-9-11-18(23)12-10-17)21(28)15-27(32(3,30)31)20-8-6-5-7-19(20)24/h5-12,16H,4,13-15H2,1-3H3,(H,25,29)/t16-/m0/s1. The molecule has 0 heterocycles. The van der Waals surface area contributed by atoms with Gasteiger partial charge in [-0.25, -0.2) is 12.8 Å². The third kappa shape index (κ3) is 6.93. The zero-order valence-corrected chi connectivity index (χ0v) is 19.8. The number of nitrogens with zero attached hydrogens (tertiary/aromatic N) is 2. The first-order valence-electron chi connectivity index (χ1n) is 10.1. The van der Waals surface area contributed by atoms with Gasteiger partial charge < -0.3 is 10.2 Å². The van der Waals surface area contributed by atoms with Gasteiger partial charge in [0.05, 0.1) is 11.9 Å². The number of nitrogens with one attached hydrogen (secondary N) is 1. The minimum atomic E-state index is -3.98. The van der Waals surface area contributed by atoms with E-state index in [4.69, 9.17) is 11.6 Å². The third-order valence-corrected chi connectivity index (χ3v) is 6.16. The zero-order chi connectivity index (χ0) is 23.9. The zero-order valence-electron chi connectivity index (χ0n) is 18.2. The smallest absolute Gasteiger partial charge is 0.244 e. The molecule has 2 amide bonds. The number of amides is 2. The van der Waals surface area contributed by atoms with Crippen molar-refractivity contribution in [1.29, 1.82) is 0 Å². The molecule has 0 fully saturated rings. The Hall–Kier alpha value is -2.65. The van der Waals surface area contributed by atoms with Gasteiger partial charge in [-0.1, -0.05) is 42.8 Å². The van der Waals surface area contributed by atoms with Crippen molar-refractivity contribution in [1.82, 2.24) is 10.2 Å². The molecule has 0 radical (unpaired) electrons. The SMILES string of the molecule is CCCNC(=O)[C@H](C)N(Cc1ccc(Cl)cc1)C(=O)CN(c1ccccc1F)S(C)(=O)=O. The Morgan fingerprint density at radius 1 is 1.12 bits per heavy atom. The van der Waals surface area contributed by atoms with E-state index in [2.05, 4.69) is 5.32 Å². The minimum absolute atomic E-state index is 0.0472. The second-order valence-corrected chi connectivity index (χ2v) is 9.68. The third-order valence-electron chi connectivity index (χ3n) is 4.78. The molecule has 174 valence electrons. The van der Waals surface area contributed by atoms with Gasteiger partial charge in [0.25, 0.3) is 0 Å². The van der Waals surface area contributed by atoms with Crippen molar-refractivity contribution >= 4 is 39.1 Å². The highest BCUT2D eigenvalue weighted by Gasteiger charge is 2.30. The highest BCUT2D eigenvalue weighted by molar-refractivity contribution is 7.92. The minimum Gasteiger partial charge on any atom is -0.354 e. The van der Waals surface area contributed by atoms with Crippen molar-refractivity contribution in [2.45, 2.75) is 32.9 Å². The normalized spacial score (nSPS) is 12.2. The lowest BCUT2D eigenvalue weighted by atomic mass is 10.1. The van der Waals surface area contributed by atoms with Crippen LogP contribution in [0.4, 0.5) is 10.1 Å². The molecule has 0 aliphatic heterocycles. The summed E-state index contributed by atoms with van der Waals surface area (Å²) >= 11 is 5.93. The van der Waals surface area contributed by atoms with E-state index in [0.717, 1.165) is 18.7 Å². The molecule has 0 saturated heterocycles. The van der Waals surface area contributed by atoms with Gasteiger partial charge in [0.2, 0.25) is 21.8 Å². The van der Waals surface area contributed by atoms with Gasteiger partial charge in [-0.2, -0.15) is 0 Å². The van der Waals surface area contributed by atoms with Gasteiger partial charge in [0, 0.05) is 18.1 Å². The summed E-state index contributed by atoms with van der Waals surface area (Å²) in [5, 5.41) is 3.26. The maximum Gasteiger partial charge on any atom is 0.244 e. The van der Waals surface area contributed by atoms with E-state index in [9.17, 15) is 22.4 Å². The van der Waals surface area contributed by atoms with Crippen molar-refractivity contribution in [3.63, 3.8) is 0 Å². The van der Waals surface area contributed by atoms with E-state index in [1.165, 1.54) is 23.1 Å². The summed E-state index contributed by atoms with van der Waals surface area (Å²) in [7, 11) is -3.98. The van der Waals surface area contributed by atoms with Crippen LogP contribution in [0.25, 0.3) is 0 Å². The number of carbonyl (C=O) groups is 2. The summed E-state index contributed by atoms with van der Waals surface area (Å²) in [6.45, 7) is 3.30. The van der Waals surface area contributed by atoms with Crippen molar-refractivity contribution in [2.24, 2.45) is 0 Å². The molecule has 0 bridgehead atoms. The number of hydrogen-bond donors (Lipinski definition) is 1. The highest BCUT2D eigenvalue weighted by atomic mass is 35.5. The lowest BCUT2D eigenvalue weighted by Gasteiger charge is -2.31. The molecule has 0 aliphatic carbocycles. The molecule has 2 aromatic rings. The summed E-state index contributed by atoms with van der Waals surface area (Å²) in [5.41, 5.74) is 0.465. The fourth-order valence-electron chi connectivity index (χ4n) is 3.01. The average molecular weight is 484 g/mol. The Morgan fingerprint density at radius 3 is 2.31 bits per heavy atom. The monoisotopic (exact) mass is 483 g/mol. The van der Waals surface area contributed by atoms with Crippen LogP contribution in [0, 0.1) is 5.82 Å². The number of anilines is 1. The van der Waals surface area contributed by atoms with Gasteiger partial charge in [-0.05, 0) is 43.2 Å². The van der Waals surface area contributed by atoms with Crippen LogP contribution < -0.4 is 9.62 Å². The summed E-state index contributed by atoms with van der Waals surface area (Å²) in [4.78, 5) is 27.1. The van der Waals surface area contributed by atoms with Gasteiger partial charge in [0.15, 0.2) is 0 Å². The maximum atomic E-state index is 14.3. The van der Waals surface area contributed by atoms with Crippen LogP contribution in [0.15, 0.2) is 48.5 Å². The number of rotatable bonds is 10. The number of hydrogen-bond acceptors (Lipinski definition) is 4. The van der Waals surface area contributed by atoms with Gasteiger partial charge in [-0.15, -0.1) is 0 Å². The second-order valence-electron chi connectivity index (χ2n) is 7.34. The maximum absolute atomic E-state index is 14.3. The van der Waals surface area contributed by atoms with Crippen molar-refractivity contribution < 1.29 is 22.4 Å². The summed E-state index contributed by atoms with van der Waals surface area (Å²) < 4.78 is 39.8. The molecule has 2 rings (SSSR count). The lowest BCUT2D eigenvalue weighted by molar-refractivity contribution is -0.139. The highest BCUT2D eigenvalue weighted by Crippen LogP contribution is 2.22. The molecule has 1 N–H and O–H groups in total. The molecule has 2 aromatic carbocycles. The lowest BCUT2D eigenvalue weighted by Crippen LogP contribution is -2.51. The number of halogens is 2. The van der Waals surface area contributed by atoms with Crippen molar-refractivity contribution in [3.8, 4) is 0 Å². The predicted molar refractivity (Wildman–Crippen MR) is 123 cm³/mol. The molecular weight excluding hydrogens is 457 g/mol. The largest absolute Gasteiger partial charge is 0.354 e. The van der Waals surface area contributed by atoms with Crippen LogP contribution >= 0.6 is 11.6 Å². The fraction of sp³-hybridized carbons (Fsp3) is 0.364. The van der Waals surface area contributed by atoms with Crippen LogP contribution in [-0.4, -0.2) is 50.5 Å². The van der Waals surface area contributed by atoms with E-state index in [1.54, 1.807) is 31.2 Å². The molecule has 32 heavy (non-hydrogen) atoms. The molecule has 1 atom stereocenters. The average Bonchev–Trinajstić information content (AvgIpc) is 2.74. The van der Waals surface area contributed by atoms with Crippen LogP contribution in [0.5, 0.6) is 0 Å². The van der Waals surface area contributed by atoms with E-state index >= 15 is 0 Å². The Balaban J connectivity index is 2.37. The van der Waals surface area contributed by atoms with E-state index in [-0.39, 0.29) is 18.1 Å². The van der Waals surface area contributed by atoms with E-state index in [0.29, 0.717) is 21.4 Å². The number of para-hydroxylation sites is 1. The first kappa shape index (κ1) is 25.6. The molecule has 0 saturated carbocycles. The Morgan fingerprint density at radius 2 is 1.75 bits per heavy atom. The van der Waals surface area contributed by atoms with Gasteiger partial charge in [-0.3, -0.25) is 13.9 Å². The van der Waals surface area contributed by atoms with Crippen LogP contribution in [-0.2, 0) is 26.2 Å². The van der Waals surface area contributed by atoms with Crippen molar-refractivity contribution in [3.05, 3.63) is 64.9 Å². The van der Waals surface area contributed by atoms with E-state index < -0.39 is 34.3 Å². The molecule has 0 spiro atoms. The molecule has 0 unspecified atom stereocenters. The van der Waals surface area contributed by atoms with Crippen LogP contribution in [0.1, 0.15) is 25.8 Å². The molecule has 7 nitrogen and oxygen atoms in total. The van der Waals surface area contributed by atoms with Crippen molar-refractivity contribution in [2.75, 3.05) is 23.7 Å². The summed E-state index contributed by atoms with van der Waals surface area (Å²) in [6, 6.07) is 11.2. The molecular formula is C22H27ClFN3O4S. The Bertz CT molecular complexity index is 1050. The first-order valence-corrected chi connectivity index (χ1v) is 12.3. The predicted octanol–water partition coefficient (Wildman–Crippen LogP) is 3.19. The Labute approximate surface area is 193 Å². The molecule has 10 heteroatoms. The number of sulfonamides is 1. The molecule has 0 aromatic heterocycles. The summed E-state index contributed by atoms with van der Waals surface area (Å²) in [6.07, 6.45) is 1.62. The second kappa shape index (κ2) is 11.3. The van der Waals surface area contributed by atoms with Crippen LogP contribution in [0.2, 0.25) is 5.02 Å². The first-order chi connectivity index (χ1) is 15.0. The topological polar surface area (TPSA) is 86.8 Å². The van der Waals surface area contributed by atoms with Crippen LogP contribution in [0.3, 0.4) is 0 Å². The van der Waals surface area contributed by atoms with Gasteiger partial charge >= 0.3 is 0 Å². The number of benzene rings is 2. The number of carbonyl (C=O) groups excluding carboxylic acids is 2.